The van der Waals surface area contributed by atoms with Gasteiger partial charge < -0.3 is 10.3 Å². The Hall–Kier alpha value is -2.07. The van der Waals surface area contributed by atoms with Gasteiger partial charge in [-0.3, -0.25) is 4.79 Å². The number of para-hydroxylation sites is 1. The smallest absolute Gasteiger partial charge is 0.225 e. The summed E-state index contributed by atoms with van der Waals surface area (Å²) in [4.78, 5) is 16.7. The molecule has 3 rings (SSSR count). The Labute approximate surface area is 140 Å². The maximum Gasteiger partial charge on any atom is 0.225 e. The van der Waals surface area contributed by atoms with E-state index in [9.17, 15) is 4.79 Å². The van der Waals surface area contributed by atoms with E-state index in [1.165, 1.54) is 16.6 Å². The zero-order valence-corrected chi connectivity index (χ0v) is 14.6. The Bertz CT molecular complexity index is 815. The highest BCUT2D eigenvalue weighted by atomic mass is 32.1. The van der Waals surface area contributed by atoms with Crippen LogP contribution in [-0.4, -0.2) is 17.4 Å². The maximum absolute atomic E-state index is 12.2. The number of aromatic nitrogens is 1. The summed E-state index contributed by atoms with van der Waals surface area (Å²) >= 11 is 1.62. The summed E-state index contributed by atoms with van der Waals surface area (Å²) in [5.74, 6) is 0.0815. The third kappa shape index (κ3) is 3.32. The van der Waals surface area contributed by atoms with Crippen molar-refractivity contribution in [2.75, 3.05) is 6.54 Å². The molecule has 0 atom stereocenters. The van der Waals surface area contributed by atoms with E-state index in [1.54, 1.807) is 11.3 Å². The van der Waals surface area contributed by atoms with Gasteiger partial charge in [-0.15, -0.1) is 11.3 Å². The second kappa shape index (κ2) is 6.20. The van der Waals surface area contributed by atoms with Gasteiger partial charge in [0.15, 0.2) is 0 Å². The normalized spacial score (nSPS) is 11.8. The van der Waals surface area contributed by atoms with E-state index in [4.69, 9.17) is 0 Å². The number of H-pyrrole nitrogens is 1. The lowest BCUT2D eigenvalue weighted by Gasteiger charge is -2.26. The van der Waals surface area contributed by atoms with E-state index < -0.39 is 0 Å². The molecule has 1 aromatic carbocycles. The third-order valence-electron chi connectivity index (χ3n) is 4.21. The summed E-state index contributed by atoms with van der Waals surface area (Å²) in [6.45, 7) is 7.09. The Morgan fingerprint density at radius 3 is 2.74 bits per heavy atom. The van der Waals surface area contributed by atoms with Gasteiger partial charge in [0.25, 0.3) is 0 Å². The number of carbonyl (C=O) groups is 1. The van der Waals surface area contributed by atoms with E-state index in [-0.39, 0.29) is 11.3 Å². The van der Waals surface area contributed by atoms with Crippen molar-refractivity contribution < 1.29 is 4.79 Å². The Morgan fingerprint density at radius 1 is 1.22 bits per heavy atom. The quantitative estimate of drug-likeness (QED) is 0.726. The summed E-state index contributed by atoms with van der Waals surface area (Å²) < 4.78 is 0. The second-order valence-corrected chi connectivity index (χ2v) is 7.62. The fourth-order valence-corrected chi connectivity index (χ4v) is 3.89. The summed E-state index contributed by atoms with van der Waals surface area (Å²) in [7, 11) is 0. The lowest BCUT2D eigenvalue weighted by atomic mass is 9.82. The van der Waals surface area contributed by atoms with Crippen LogP contribution in [0.15, 0.2) is 41.8 Å². The Morgan fingerprint density at radius 2 is 2.00 bits per heavy atom. The molecule has 0 spiro atoms. The SMILES string of the molecule is Cc1[nH]c2ccccc2c1C(C)(C)CNC(=O)Cc1cccs1. The molecule has 0 aliphatic rings. The standard InChI is InChI=1S/C19H22N2OS/c1-13-18(15-8-4-5-9-16(15)21-13)19(2,3)12-20-17(22)11-14-7-6-10-23-14/h4-10,21H,11-12H2,1-3H3,(H,20,22). The average molecular weight is 326 g/mol. The molecule has 3 aromatic rings. The number of amides is 1. The number of aryl methyl sites for hydroxylation is 1. The Balaban J connectivity index is 1.75. The fourth-order valence-electron chi connectivity index (χ4n) is 3.19. The molecular weight excluding hydrogens is 304 g/mol. The lowest BCUT2D eigenvalue weighted by Crippen LogP contribution is -2.37. The molecule has 2 N–H and O–H groups in total. The first-order valence-electron chi connectivity index (χ1n) is 7.84. The van der Waals surface area contributed by atoms with Crippen molar-refractivity contribution in [1.29, 1.82) is 0 Å². The minimum Gasteiger partial charge on any atom is -0.358 e. The van der Waals surface area contributed by atoms with Gasteiger partial charge in [0.1, 0.15) is 0 Å². The molecule has 0 saturated carbocycles. The molecule has 120 valence electrons. The Kier molecular flexibility index (Phi) is 4.26. The van der Waals surface area contributed by atoms with Crippen LogP contribution in [-0.2, 0) is 16.6 Å². The van der Waals surface area contributed by atoms with Crippen molar-refractivity contribution in [3.8, 4) is 0 Å². The van der Waals surface area contributed by atoms with Gasteiger partial charge in [0, 0.05) is 33.4 Å². The van der Waals surface area contributed by atoms with Gasteiger partial charge in [-0.2, -0.15) is 0 Å². The molecule has 0 saturated heterocycles. The molecule has 0 unspecified atom stereocenters. The van der Waals surface area contributed by atoms with Gasteiger partial charge in [0.2, 0.25) is 5.91 Å². The molecule has 2 heterocycles. The fraction of sp³-hybridized carbons (Fsp3) is 0.316. The molecular formula is C19H22N2OS. The summed E-state index contributed by atoms with van der Waals surface area (Å²) in [6.07, 6.45) is 0.459. The molecule has 23 heavy (non-hydrogen) atoms. The van der Waals surface area contributed by atoms with Crippen molar-refractivity contribution in [3.05, 3.63) is 57.9 Å². The maximum atomic E-state index is 12.2. The van der Waals surface area contributed by atoms with Crippen molar-refractivity contribution in [2.24, 2.45) is 0 Å². The van der Waals surface area contributed by atoms with Crippen LogP contribution in [0.2, 0.25) is 0 Å². The first kappa shape index (κ1) is 15.8. The van der Waals surface area contributed by atoms with Gasteiger partial charge >= 0.3 is 0 Å². The van der Waals surface area contributed by atoms with Gasteiger partial charge in [-0.05, 0) is 30.0 Å². The largest absolute Gasteiger partial charge is 0.358 e. The number of nitrogens with one attached hydrogen (secondary N) is 2. The topological polar surface area (TPSA) is 44.9 Å². The third-order valence-corrected chi connectivity index (χ3v) is 5.09. The monoisotopic (exact) mass is 326 g/mol. The predicted octanol–water partition coefficient (Wildman–Crippen LogP) is 4.17. The molecule has 0 aliphatic carbocycles. The minimum absolute atomic E-state index is 0.0815. The van der Waals surface area contributed by atoms with Crippen LogP contribution in [0.4, 0.5) is 0 Å². The zero-order valence-electron chi connectivity index (χ0n) is 13.8. The molecule has 2 aromatic heterocycles. The molecule has 0 aliphatic heterocycles. The highest BCUT2D eigenvalue weighted by molar-refractivity contribution is 7.10. The van der Waals surface area contributed by atoms with Gasteiger partial charge in [-0.25, -0.2) is 0 Å². The van der Waals surface area contributed by atoms with Crippen LogP contribution in [0.1, 0.15) is 30.0 Å². The molecule has 0 radical (unpaired) electrons. The minimum atomic E-state index is -0.130. The second-order valence-electron chi connectivity index (χ2n) is 6.59. The summed E-state index contributed by atoms with van der Waals surface area (Å²) in [5.41, 5.74) is 3.47. The van der Waals surface area contributed by atoms with Crippen LogP contribution in [0, 0.1) is 6.92 Å². The van der Waals surface area contributed by atoms with Crippen LogP contribution in [0.5, 0.6) is 0 Å². The van der Waals surface area contributed by atoms with Crippen molar-refractivity contribution >= 4 is 28.1 Å². The van der Waals surface area contributed by atoms with Crippen molar-refractivity contribution in [2.45, 2.75) is 32.6 Å². The first-order chi connectivity index (χ1) is 11.0. The van der Waals surface area contributed by atoms with E-state index in [2.05, 4.69) is 49.3 Å². The number of hydrogen-bond donors (Lipinski definition) is 2. The zero-order chi connectivity index (χ0) is 16.4. The number of benzene rings is 1. The molecule has 0 bridgehead atoms. The van der Waals surface area contributed by atoms with E-state index in [0.29, 0.717) is 13.0 Å². The van der Waals surface area contributed by atoms with Gasteiger partial charge in [0.05, 0.1) is 6.42 Å². The van der Waals surface area contributed by atoms with Crippen molar-refractivity contribution in [3.63, 3.8) is 0 Å². The van der Waals surface area contributed by atoms with Crippen LogP contribution < -0.4 is 5.32 Å². The lowest BCUT2D eigenvalue weighted by molar-refractivity contribution is -0.120. The van der Waals surface area contributed by atoms with Crippen LogP contribution in [0.3, 0.4) is 0 Å². The molecule has 1 amide bonds. The predicted molar refractivity (Wildman–Crippen MR) is 97.1 cm³/mol. The highest BCUT2D eigenvalue weighted by Gasteiger charge is 2.26. The number of hydrogen-bond acceptors (Lipinski definition) is 2. The van der Waals surface area contributed by atoms with Crippen LogP contribution in [0.25, 0.3) is 10.9 Å². The number of aromatic amines is 1. The summed E-state index contributed by atoms with van der Waals surface area (Å²) in [5, 5.41) is 6.34. The molecule has 4 heteroatoms. The summed E-state index contributed by atoms with van der Waals surface area (Å²) in [6, 6.07) is 12.3. The molecule has 0 fully saturated rings. The number of thiophene rings is 1. The number of rotatable bonds is 5. The average Bonchev–Trinajstić information content (AvgIpc) is 3.11. The number of carbonyl (C=O) groups excluding carboxylic acids is 1. The highest BCUT2D eigenvalue weighted by Crippen LogP contribution is 2.33. The van der Waals surface area contributed by atoms with E-state index in [1.807, 2.05) is 23.6 Å². The number of fused-ring (bicyclic) bond motifs is 1. The van der Waals surface area contributed by atoms with Crippen molar-refractivity contribution in [1.82, 2.24) is 10.3 Å². The first-order valence-corrected chi connectivity index (χ1v) is 8.72. The van der Waals surface area contributed by atoms with Crippen LogP contribution >= 0.6 is 11.3 Å². The van der Waals surface area contributed by atoms with E-state index in [0.717, 1.165) is 10.4 Å². The molecule has 3 nitrogen and oxygen atoms in total. The van der Waals surface area contributed by atoms with E-state index >= 15 is 0 Å². The van der Waals surface area contributed by atoms with Gasteiger partial charge in [-0.1, -0.05) is 38.1 Å².